The van der Waals surface area contributed by atoms with Gasteiger partial charge >= 0.3 is 0 Å². The average molecular weight is 545 g/mol. The highest BCUT2D eigenvalue weighted by Gasteiger charge is 2.18. The van der Waals surface area contributed by atoms with E-state index in [2.05, 4.69) is 27.3 Å². The lowest BCUT2D eigenvalue weighted by molar-refractivity contribution is -0.130. The maximum Gasteiger partial charge on any atom is 0.261 e. The Hall–Kier alpha value is -3.86. The zero-order chi connectivity index (χ0) is 27.4. The van der Waals surface area contributed by atoms with E-state index in [1.165, 1.54) is 9.87 Å². The van der Waals surface area contributed by atoms with E-state index in [1.54, 1.807) is 6.92 Å². The molecule has 0 saturated carbocycles. The van der Waals surface area contributed by atoms with Crippen molar-refractivity contribution in [1.29, 1.82) is 0 Å². The van der Waals surface area contributed by atoms with Gasteiger partial charge in [-0.2, -0.15) is 0 Å². The number of carbonyl (C=O) groups is 1. The number of nitrogens with one attached hydrogen (secondary N) is 1. The molecule has 1 aromatic heterocycles. The Bertz CT molecular complexity index is 1490. The van der Waals surface area contributed by atoms with Crippen molar-refractivity contribution in [3.8, 4) is 11.1 Å². The number of hydrogen-bond donors (Lipinski definition) is 2. The van der Waals surface area contributed by atoms with Gasteiger partial charge in [-0.15, -0.1) is 0 Å². The Balaban J connectivity index is 1.34. The summed E-state index contributed by atoms with van der Waals surface area (Å²) in [5, 5.41) is 4.28. The molecule has 10 heteroatoms. The molecule has 0 aliphatic carbocycles. The number of nitrogens with zero attached hydrogens (tertiary/aromatic N) is 5. The van der Waals surface area contributed by atoms with Crippen molar-refractivity contribution >= 4 is 45.4 Å². The fourth-order valence-corrected chi connectivity index (χ4v) is 5.42. The summed E-state index contributed by atoms with van der Waals surface area (Å²) in [4.78, 5) is 25.2. The maximum absolute atomic E-state index is 11.6. The quantitative estimate of drug-likeness (QED) is 0.311. The molecule has 0 radical (unpaired) electrons. The Morgan fingerprint density at radius 3 is 2.49 bits per heavy atom. The molecule has 9 nitrogen and oxygen atoms in total. The number of fused-ring (bicyclic) bond motifs is 1. The van der Waals surface area contributed by atoms with Crippen LogP contribution >= 0.6 is 0 Å². The van der Waals surface area contributed by atoms with E-state index in [1.807, 2.05) is 72.6 Å². The lowest BCUT2D eigenvalue weighted by Gasteiger charge is -2.34. The van der Waals surface area contributed by atoms with Crippen LogP contribution in [0.1, 0.15) is 19.4 Å². The first kappa shape index (κ1) is 26.7. The van der Waals surface area contributed by atoms with Gasteiger partial charge in [0.1, 0.15) is 0 Å². The zero-order valence-corrected chi connectivity index (χ0v) is 22.9. The molecule has 1 aliphatic rings. The van der Waals surface area contributed by atoms with Crippen molar-refractivity contribution in [2.45, 2.75) is 20.4 Å². The van der Waals surface area contributed by atoms with Gasteiger partial charge in [-0.25, -0.2) is 14.2 Å². The summed E-state index contributed by atoms with van der Waals surface area (Å²) >= 11 is -2.07. The minimum atomic E-state index is -2.07. The second kappa shape index (κ2) is 11.9. The van der Waals surface area contributed by atoms with Crippen molar-refractivity contribution in [1.82, 2.24) is 19.8 Å². The standard InChI is InChI=1S/C29H32N6O3S/c1-3-35(39(37)38)26-12-10-23(11-13-26)27-9-5-7-24-19-30-29(32-28(24)27)31-25-8-4-6-22(18-25)20-33-14-16-34(17-15-33)21(2)36/h4-13,18-19H,3,14-17,20H2,1-2H3,(H,37,38)(H,30,31,32). The molecule has 2 N–H and O–H groups in total. The predicted molar refractivity (Wildman–Crippen MR) is 156 cm³/mol. The molecule has 1 atom stereocenters. The lowest BCUT2D eigenvalue weighted by Crippen LogP contribution is -2.47. The van der Waals surface area contributed by atoms with Gasteiger partial charge < -0.3 is 10.2 Å². The lowest BCUT2D eigenvalue weighted by atomic mass is 10.0. The highest BCUT2D eigenvalue weighted by molar-refractivity contribution is 7.80. The molecule has 1 fully saturated rings. The van der Waals surface area contributed by atoms with Crippen LogP contribution in [0.5, 0.6) is 0 Å². The smallest absolute Gasteiger partial charge is 0.261 e. The first-order valence-electron chi connectivity index (χ1n) is 13.0. The number of amides is 1. The van der Waals surface area contributed by atoms with Crippen LogP contribution in [-0.2, 0) is 22.6 Å². The molecule has 0 bridgehead atoms. The Morgan fingerprint density at radius 1 is 1.05 bits per heavy atom. The van der Waals surface area contributed by atoms with E-state index in [9.17, 15) is 13.6 Å². The van der Waals surface area contributed by atoms with E-state index < -0.39 is 11.3 Å². The molecule has 4 aromatic rings. The highest BCUT2D eigenvalue weighted by Crippen LogP contribution is 2.30. The molecule has 5 rings (SSSR count). The molecule has 202 valence electrons. The molecule has 3 aromatic carbocycles. The van der Waals surface area contributed by atoms with E-state index in [-0.39, 0.29) is 5.91 Å². The van der Waals surface area contributed by atoms with Crippen molar-refractivity contribution in [2.75, 3.05) is 42.3 Å². The SMILES string of the molecule is CCN(c1ccc(-c2cccc3cnc(Nc4cccc(CN5CCN(C(C)=O)CC5)c4)nc23)cc1)S(=O)O. The van der Waals surface area contributed by atoms with Gasteiger partial charge in [0.25, 0.3) is 11.3 Å². The molecule has 0 spiro atoms. The first-order chi connectivity index (χ1) is 18.9. The van der Waals surface area contributed by atoms with E-state index in [4.69, 9.17) is 4.98 Å². The number of carbonyl (C=O) groups excluding carboxylic acids is 1. The molecular weight excluding hydrogens is 512 g/mol. The number of aromatic nitrogens is 2. The number of piperazine rings is 1. The van der Waals surface area contributed by atoms with Crippen molar-refractivity contribution in [3.05, 3.63) is 78.5 Å². The van der Waals surface area contributed by atoms with Crippen LogP contribution in [0.4, 0.5) is 17.3 Å². The molecule has 1 unspecified atom stereocenters. The van der Waals surface area contributed by atoms with Crippen LogP contribution < -0.4 is 9.62 Å². The minimum Gasteiger partial charge on any atom is -0.340 e. The van der Waals surface area contributed by atoms with Crippen molar-refractivity contribution < 1.29 is 13.6 Å². The van der Waals surface area contributed by atoms with Gasteiger partial charge in [-0.05, 0) is 42.3 Å². The number of rotatable bonds is 8. The third kappa shape index (κ3) is 6.25. The fourth-order valence-electron chi connectivity index (χ4n) is 4.90. The second-order valence-corrected chi connectivity index (χ2v) is 10.4. The van der Waals surface area contributed by atoms with Crippen LogP contribution in [0.15, 0.2) is 72.9 Å². The van der Waals surface area contributed by atoms with Gasteiger partial charge in [-0.1, -0.05) is 42.5 Å². The van der Waals surface area contributed by atoms with Crippen LogP contribution in [-0.4, -0.2) is 67.2 Å². The summed E-state index contributed by atoms with van der Waals surface area (Å²) in [5.74, 6) is 0.644. The fraction of sp³-hybridized carbons (Fsp3) is 0.276. The van der Waals surface area contributed by atoms with Crippen LogP contribution in [0.3, 0.4) is 0 Å². The number of para-hydroxylation sites is 1. The van der Waals surface area contributed by atoms with Crippen molar-refractivity contribution in [2.24, 2.45) is 0 Å². The number of anilines is 3. The van der Waals surface area contributed by atoms with Crippen LogP contribution in [0, 0.1) is 0 Å². The largest absolute Gasteiger partial charge is 0.340 e. The van der Waals surface area contributed by atoms with Gasteiger partial charge in [0.2, 0.25) is 11.9 Å². The van der Waals surface area contributed by atoms with E-state index in [0.29, 0.717) is 18.2 Å². The minimum absolute atomic E-state index is 0.138. The Labute approximate surface area is 230 Å². The zero-order valence-electron chi connectivity index (χ0n) is 22.1. The van der Waals surface area contributed by atoms with E-state index in [0.717, 1.165) is 60.4 Å². The molecule has 2 heterocycles. The summed E-state index contributed by atoms with van der Waals surface area (Å²) in [7, 11) is 0. The maximum atomic E-state index is 11.6. The summed E-state index contributed by atoms with van der Waals surface area (Å²) in [6.07, 6.45) is 1.81. The van der Waals surface area contributed by atoms with Gasteiger partial charge in [0.15, 0.2) is 0 Å². The van der Waals surface area contributed by atoms with Gasteiger partial charge in [-0.3, -0.25) is 18.6 Å². The summed E-state index contributed by atoms with van der Waals surface area (Å²) < 4.78 is 22.5. The van der Waals surface area contributed by atoms with E-state index >= 15 is 0 Å². The second-order valence-electron chi connectivity index (χ2n) is 9.52. The normalized spacial score (nSPS) is 14.8. The first-order valence-corrected chi connectivity index (χ1v) is 14.1. The summed E-state index contributed by atoms with van der Waals surface area (Å²) in [6.45, 7) is 7.97. The van der Waals surface area contributed by atoms with Crippen LogP contribution in [0.2, 0.25) is 0 Å². The van der Waals surface area contributed by atoms with Crippen LogP contribution in [0.25, 0.3) is 22.0 Å². The molecular formula is C29H32N6O3S. The number of hydrogen-bond acceptors (Lipinski definition) is 6. The monoisotopic (exact) mass is 544 g/mol. The highest BCUT2D eigenvalue weighted by atomic mass is 32.2. The molecule has 1 aliphatic heterocycles. The van der Waals surface area contributed by atoms with Gasteiger partial charge in [0.05, 0.1) is 11.2 Å². The Morgan fingerprint density at radius 2 is 1.79 bits per heavy atom. The third-order valence-electron chi connectivity index (χ3n) is 6.96. The Kier molecular flexibility index (Phi) is 8.16. The average Bonchev–Trinajstić information content (AvgIpc) is 2.94. The van der Waals surface area contributed by atoms with Crippen molar-refractivity contribution in [3.63, 3.8) is 0 Å². The molecule has 1 amide bonds. The topological polar surface area (TPSA) is 102 Å². The molecule has 39 heavy (non-hydrogen) atoms. The van der Waals surface area contributed by atoms with Gasteiger partial charge in [0, 0.05) is 69.0 Å². The number of benzene rings is 3. The summed E-state index contributed by atoms with van der Waals surface area (Å²) in [5.41, 5.74) is 5.51. The predicted octanol–water partition coefficient (Wildman–Crippen LogP) is 4.67. The molecule has 1 saturated heterocycles. The third-order valence-corrected chi connectivity index (χ3v) is 7.81. The summed E-state index contributed by atoms with van der Waals surface area (Å²) in [6, 6.07) is 21.8.